The fourth-order valence-electron chi connectivity index (χ4n) is 11.2. The van der Waals surface area contributed by atoms with E-state index in [1.54, 1.807) is 0 Å². The van der Waals surface area contributed by atoms with Crippen LogP contribution in [0.4, 0.5) is 0 Å². The van der Waals surface area contributed by atoms with Gasteiger partial charge in [0, 0.05) is 25.7 Å². The van der Waals surface area contributed by atoms with Gasteiger partial charge in [0.1, 0.15) is 19.3 Å². The molecule has 0 aromatic heterocycles. The molecule has 0 aliphatic rings. The minimum Gasteiger partial charge on any atom is -0.462 e. The Kier molecular flexibility index (Phi) is 64.9. The average Bonchev–Trinajstić information content (AvgIpc) is 3.70. The van der Waals surface area contributed by atoms with Crippen molar-refractivity contribution in [1.82, 2.24) is 0 Å². The van der Waals surface area contributed by atoms with Crippen LogP contribution in [-0.2, 0) is 65.4 Å². The molecule has 2 unspecified atom stereocenters. The van der Waals surface area contributed by atoms with Crippen molar-refractivity contribution in [3.8, 4) is 0 Å². The van der Waals surface area contributed by atoms with Crippen LogP contribution in [0.1, 0.15) is 381 Å². The van der Waals surface area contributed by atoms with Gasteiger partial charge in [-0.3, -0.25) is 37.3 Å². The molecule has 0 aliphatic carbocycles. The van der Waals surface area contributed by atoms with Gasteiger partial charge in [-0.2, -0.15) is 0 Å². The molecular weight excluding hydrogens is 1210 g/mol. The third kappa shape index (κ3) is 66.7. The average molecular weight is 1350 g/mol. The third-order valence-electron chi connectivity index (χ3n) is 17.0. The summed E-state index contributed by atoms with van der Waals surface area (Å²) in [5.74, 6) is -1.33. The van der Waals surface area contributed by atoms with Crippen LogP contribution in [-0.4, -0.2) is 96.7 Å². The number of hydrogen-bond donors (Lipinski definition) is 3. The number of phosphoric ester groups is 2. The van der Waals surface area contributed by atoms with Crippen LogP contribution in [0.5, 0.6) is 0 Å². The van der Waals surface area contributed by atoms with E-state index in [4.69, 9.17) is 37.0 Å². The van der Waals surface area contributed by atoms with E-state index in [0.29, 0.717) is 25.7 Å². The molecule has 17 nitrogen and oxygen atoms in total. The highest BCUT2D eigenvalue weighted by atomic mass is 31.2. The van der Waals surface area contributed by atoms with Crippen molar-refractivity contribution >= 4 is 39.5 Å². The summed E-state index contributed by atoms with van der Waals surface area (Å²) >= 11 is 0. The molecule has 0 aromatic rings. The Morgan fingerprint density at radius 3 is 0.739 bits per heavy atom. The molecule has 0 rings (SSSR count). The molecule has 0 spiro atoms. The Labute approximate surface area is 562 Å². The molecule has 19 heteroatoms. The lowest BCUT2D eigenvalue weighted by atomic mass is 10.0. The largest absolute Gasteiger partial charge is 0.472 e. The Morgan fingerprint density at radius 2 is 0.500 bits per heavy atom. The van der Waals surface area contributed by atoms with Crippen molar-refractivity contribution in [1.29, 1.82) is 0 Å². The third-order valence-corrected chi connectivity index (χ3v) is 18.9. The van der Waals surface area contributed by atoms with Crippen LogP contribution < -0.4 is 0 Å². The molecule has 3 N–H and O–H groups in total. The van der Waals surface area contributed by atoms with E-state index in [0.717, 1.165) is 102 Å². The number of aliphatic hydroxyl groups excluding tert-OH is 1. The first-order valence-electron chi connectivity index (χ1n) is 38.1. The molecule has 0 heterocycles. The van der Waals surface area contributed by atoms with Crippen molar-refractivity contribution in [3.63, 3.8) is 0 Å². The van der Waals surface area contributed by atoms with Crippen LogP contribution in [0, 0.1) is 5.92 Å². The zero-order valence-corrected chi connectivity index (χ0v) is 61.5. The SMILES string of the molecule is CCCCCCCCCCCCCCCCCCCC(=O)OC[C@H](COP(=O)(O)OC[C@@H](O)COP(=O)(O)OC[C@@H](COC(=O)CCCCCCC)OC(=O)CCCCCCCCCCCCCC)OC(=O)CCCCCCCCCCCCCCCCCC(C)C. The second kappa shape index (κ2) is 66.3. The normalized spacial score (nSPS) is 14.0. The number of ether oxygens (including phenoxy) is 4. The molecule has 5 atom stereocenters. The Morgan fingerprint density at radius 1 is 0.293 bits per heavy atom. The van der Waals surface area contributed by atoms with E-state index in [1.807, 2.05) is 0 Å². The number of unbranched alkanes of at least 4 members (excludes halogenated alkanes) is 45. The molecule has 0 saturated heterocycles. The first-order chi connectivity index (χ1) is 44.5. The summed E-state index contributed by atoms with van der Waals surface area (Å²) in [6.45, 7) is 7.21. The Balaban J connectivity index is 5.14. The van der Waals surface area contributed by atoms with Gasteiger partial charge < -0.3 is 33.8 Å². The predicted molar refractivity (Wildman–Crippen MR) is 372 cm³/mol. The van der Waals surface area contributed by atoms with Crippen molar-refractivity contribution in [2.45, 2.75) is 400 Å². The molecule has 0 saturated carbocycles. The lowest BCUT2D eigenvalue weighted by Gasteiger charge is -2.21. The highest BCUT2D eigenvalue weighted by Gasteiger charge is 2.30. The van der Waals surface area contributed by atoms with Gasteiger partial charge in [-0.15, -0.1) is 0 Å². The monoisotopic (exact) mass is 1350 g/mol. The number of carbonyl (C=O) groups excluding carboxylic acids is 4. The standard InChI is InChI=1S/C73H142O17P2/c1-6-9-12-15-17-19-21-23-24-25-28-31-35-38-42-47-52-57-71(76)84-63-69(90-73(78)59-54-49-44-40-36-32-29-26-27-30-33-37-41-46-50-55-66(4)5)65-88-92(81,82)86-61-67(74)60-85-91(79,80)87-64-68(62-83-70(75)56-51-45-14-11-8-3)89-72(77)58-53-48-43-39-34-22-20-18-16-13-10-7-2/h66-69,74H,6-65H2,1-5H3,(H,79,80)(H,81,82)/t67-,68+,69+/m0/s1. The maximum Gasteiger partial charge on any atom is 0.472 e. The quantitative estimate of drug-likeness (QED) is 0.0222. The molecular formula is C73H142O17P2. The van der Waals surface area contributed by atoms with Gasteiger partial charge in [0.2, 0.25) is 0 Å². The van der Waals surface area contributed by atoms with Gasteiger partial charge in [-0.25, -0.2) is 9.13 Å². The van der Waals surface area contributed by atoms with Crippen LogP contribution in [0.2, 0.25) is 0 Å². The Hall–Kier alpha value is -1.94. The summed E-state index contributed by atoms with van der Waals surface area (Å²) < 4.78 is 68.2. The van der Waals surface area contributed by atoms with Gasteiger partial charge in [0.25, 0.3) is 0 Å². The van der Waals surface area contributed by atoms with E-state index in [-0.39, 0.29) is 25.7 Å². The first-order valence-corrected chi connectivity index (χ1v) is 41.1. The van der Waals surface area contributed by atoms with E-state index < -0.39 is 97.5 Å². The van der Waals surface area contributed by atoms with E-state index in [9.17, 15) is 43.2 Å². The van der Waals surface area contributed by atoms with Crippen LogP contribution in [0.25, 0.3) is 0 Å². The van der Waals surface area contributed by atoms with Gasteiger partial charge in [0.05, 0.1) is 26.4 Å². The summed E-state index contributed by atoms with van der Waals surface area (Å²) in [7, 11) is -9.89. The van der Waals surface area contributed by atoms with Gasteiger partial charge in [-0.1, -0.05) is 330 Å². The summed E-state index contributed by atoms with van der Waals surface area (Å²) in [5, 5.41) is 10.6. The molecule has 0 amide bonds. The molecule has 0 bridgehead atoms. The van der Waals surface area contributed by atoms with Crippen molar-refractivity contribution in [2.75, 3.05) is 39.6 Å². The van der Waals surface area contributed by atoms with Crippen molar-refractivity contribution in [2.24, 2.45) is 5.92 Å². The maximum atomic E-state index is 13.1. The summed E-state index contributed by atoms with van der Waals surface area (Å²) in [5.41, 5.74) is 0. The number of aliphatic hydroxyl groups is 1. The number of esters is 4. The highest BCUT2D eigenvalue weighted by molar-refractivity contribution is 7.47. The molecule has 0 radical (unpaired) electrons. The van der Waals surface area contributed by atoms with E-state index >= 15 is 0 Å². The number of rotatable bonds is 73. The van der Waals surface area contributed by atoms with Gasteiger partial charge in [-0.05, 0) is 31.6 Å². The minimum absolute atomic E-state index is 0.107. The zero-order chi connectivity index (χ0) is 67.7. The fraction of sp³-hybridized carbons (Fsp3) is 0.945. The summed E-state index contributed by atoms with van der Waals surface area (Å²) in [4.78, 5) is 72.4. The maximum absolute atomic E-state index is 13.1. The lowest BCUT2D eigenvalue weighted by molar-refractivity contribution is -0.161. The fourth-order valence-corrected chi connectivity index (χ4v) is 12.8. The highest BCUT2D eigenvalue weighted by Crippen LogP contribution is 2.45. The smallest absolute Gasteiger partial charge is 0.462 e. The number of hydrogen-bond acceptors (Lipinski definition) is 15. The number of carbonyl (C=O) groups is 4. The minimum atomic E-state index is -4.95. The summed E-state index contributed by atoms with van der Waals surface area (Å²) in [6, 6.07) is 0. The molecule has 0 aromatic carbocycles. The van der Waals surface area contributed by atoms with Gasteiger partial charge in [0.15, 0.2) is 12.2 Å². The zero-order valence-electron chi connectivity index (χ0n) is 59.7. The number of phosphoric acid groups is 2. The Bertz CT molecular complexity index is 1770. The van der Waals surface area contributed by atoms with E-state index in [1.165, 1.54) is 199 Å². The molecule has 92 heavy (non-hydrogen) atoms. The van der Waals surface area contributed by atoms with Crippen LogP contribution in [0.15, 0.2) is 0 Å². The van der Waals surface area contributed by atoms with Crippen molar-refractivity contribution in [3.05, 3.63) is 0 Å². The van der Waals surface area contributed by atoms with Crippen molar-refractivity contribution < 1.29 is 80.2 Å². The topological polar surface area (TPSA) is 237 Å². The second-order valence-electron chi connectivity index (χ2n) is 26.8. The lowest BCUT2D eigenvalue weighted by Crippen LogP contribution is -2.30. The van der Waals surface area contributed by atoms with E-state index in [2.05, 4.69) is 34.6 Å². The van der Waals surface area contributed by atoms with Crippen LogP contribution in [0.3, 0.4) is 0 Å². The van der Waals surface area contributed by atoms with Gasteiger partial charge >= 0.3 is 39.5 Å². The first kappa shape index (κ1) is 90.1. The predicted octanol–water partition coefficient (Wildman–Crippen LogP) is 21.3. The molecule has 0 fully saturated rings. The summed E-state index contributed by atoms with van der Waals surface area (Å²) in [6.07, 6.45) is 54.5. The van der Waals surface area contributed by atoms with Crippen LogP contribution >= 0.6 is 15.6 Å². The molecule has 546 valence electrons. The molecule has 0 aliphatic heterocycles. The second-order valence-corrected chi connectivity index (χ2v) is 29.7.